The largest absolute Gasteiger partial charge is 0.381 e. The number of fused-ring (bicyclic) bond motifs is 3. The number of nitrogens with zero attached hydrogens (tertiary/aromatic N) is 2. The van der Waals surface area contributed by atoms with Crippen LogP contribution in [0.4, 0.5) is 5.69 Å². The standard InChI is InChI=1S/C21H24N4/c1-25-19-4-5-20(25)11-17(10-19)24-18-8-16(12-22-13-18)15-3-2-14-6-7-23-21(14)9-15/h2-3,6-9,12-13,17,19-20,23-24H,4-5,10-11H2,1H3. The van der Waals surface area contributed by atoms with Gasteiger partial charge >= 0.3 is 0 Å². The predicted octanol–water partition coefficient (Wildman–Crippen LogP) is 4.27. The molecule has 0 spiro atoms. The molecule has 2 aliphatic heterocycles. The summed E-state index contributed by atoms with van der Waals surface area (Å²) in [7, 11) is 2.29. The molecule has 4 nitrogen and oxygen atoms in total. The normalized spacial score (nSPS) is 26.2. The van der Waals surface area contributed by atoms with Gasteiger partial charge < -0.3 is 15.2 Å². The molecule has 2 N–H and O–H groups in total. The number of hydrogen-bond donors (Lipinski definition) is 2. The third kappa shape index (κ3) is 2.71. The summed E-state index contributed by atoms with van der Waals surface area (Å²) in [6.07, 6.45) is 11.1. The number of pyridine rings is 1. The van der Waals surface area contributed by atoms with Crippen molar-refractivity contribution in [2.45, 2.75) is 43.8 Å². The van der Waals surface area contributed by atoms with Gasteiger partial charge in [0.15, 0.2) is 0 Å². The number of anilines is 1. The Labute approximate surface area is 148 Å². The minimum Gasteiger partial charge on any atom is -0.381 e. The van der Waals surface area contributed by atoms with E-state index in [1.165, 1.54) is 42.1 Å². The molecule has 1 aromatic carbocycles. The van der Waals surface area contributed by atoms with E-state index in [4.69, 9.17) is 0 Å². The van der Waals surface area contributed by atoms with Gasteiger partial charge in [-0.05, 0) is 61.9 Å². The Kier molecular flexibility index (Phi) is 3.52. The number of hydrogen-bond acceptors (Lipinski definition) is 3. The van der Waals surface area contributed by atoms with E-state index in [1.807, 2.05) is 18.6 Å². The minimum absolute atomic E-state index is 0.566. The smallest absolute Gasteiger partial charge is 0.0535 e. The first kappa shape index (κ1) is 15.0. The number of nitrogens with one attached hydrogen (secondary N) is 2. The summed E-state index contributed by atoms with van der Waals surface area (Å²) >= 11 is 0. The van der Waals surface area contributed by atoms with Crippen molar-refractivity contribution >= 4 is 16.6 Å². The summed E-state index contributed by atoms with van der Waals surface area (Å²) in [4.78, 5) is 10.4. The first-order valence-corrected chi connectivity index (χ1v) is 9.27. The summed E-state index contributed by atoms with van der Waals surface area (Å²) in [5.41, 5.74) is 4.67. The van der Waals surface area contributed by atoms with E-state index in [0.29, 0.717) is 6.04 Å². The number of aromatic nitrogens is 2. The fraction of sp³-hybridized carbons (Fsp3) is 0.381. The zero-order valence-electron chi connectivity index (χ0n) is 14.6. The van der Waals surface area contributed by atoms with Crippen LogP contribution in [0.25, 0.3) is 22.0 Å². The molecule has 4 heteroatoms. The minimum atomic E-state index is 0.566. The first-order valence-electron chi connectivity index (χ1n) is 9.27. The van der Waals surface area contributed by atoms with E-state index in [2.05, 4.69) is 57.6 Å². The van der Waals surface area contributed by atoms with Gasteiger partial charge in [-0.3, -0.25) is 4.98 Å². The van der Waals surface area contributed by atoms with Gasteiger partial charge in [0.2, 0.25) is 0 Å². The topological polar surface area (TPSA) is 44.0 Å². The van der Waals surface area contributed by atoms with Crippen molar-refractivity contribution in [3.05, 3.63) is 48.9 Å². The van der Waals surface area contributed by atoms with Crippen LogP contribution in [0.5, 0.6) is 0 Å². The molecule has 0 aliphatic carbocycles. The maximum Gasteiger partial charge on any atom is 0.0535 e. The van der Waals surface area contributed by atoms with Crippen LogP contribution in [0, 0.1) is 0 Å². The van der Waals surface area contributed by atoms with Gasteiger partial charge in [0.05, 0.1) is 5.69 Å². The van der Waals surface area contributed by atoms with Gasteiger partial charge in [0.1, 0.15) is 0 Å². The molecule has 2 aromatic heterocycles. The Hall–Kier alpha value is -2.33. The van der Waals surface area contributed by atoms with Crippen LogP contribution < -0.4 is 5.32 Å². The zero-order valence-corrected chi connectivity index (χ0v) is 14.6. The molecule has 4 heterocycles. The van der Waals surface area contributed by atoms with Gasteiger partial charge in [-0.25, -0.2) is 0 Å². The lowest BCUT2D eigenvalue weighted by molar-refractivity contribution is 0.169. The zero-order chi connectivity index (χ0) is 16.8. The van der Waals surface area contributed by atoms with E-state index in [-0.39, 0.29) is 0 Å². The van der Waals surface area contributed by atoms with Crippen LogP contribution in [0.15, 0.2) is 48.9 Å². The summed E-state index contributed by atoms with van der Waals surface area (Å²) in [6.45, 7) is 0. The maximum absolute atomic E-state index is 4.48. The number of piperidine rings is 1. The fourth-order valence-electron chi connectivity index (χ4n) is 4.67. The Balaban J connectivity index is 1.38. The van der Waals surface area contributed by atoms with E-state index < -0.39 is 0 Å². The SMILES string of the molecule is CN1C2CCC1CC(Nc1cncc(-c3ccc4cc[nH]c4c3)c1)C2. The molecule has 0 radical (unpaired) electrons. The second-order valence-electron chi connectivity index (χ2n) is 7.61. The van der Waals surface area contributed by atoms with Crippen LogP contribution in [0.3, 0.4) is 0 Å². The molecule has 2 atom stereocenters. The summed E-state index contributed by atoms with van der Waals surface area (Å²) in [6, 6.07) is 12.9. The third-order valence-electron chi connectivity index (χ3n) is 6.10. The van der Waals surface area contributed by atoms with Crippen LogP contribution in [-0.2, 0) is 0 Å². The van der Waals surface area contributed by atoms with Crippen molar-refractivity contribution in [2.75, 3.05) is 12.4 Å². The lowest BCUT2D eigenvalue weighted by atomic mass is 9.97. The second-order valence-corrected chi connectivity index (χ2v) is 7.61. The Morgan fingerprint density at radius 3 is 2.72 bits per heavy atom. The quantitative estimate of drug-likeness (QED) is 0.753. The predicted molar refractivity (Wildman–Crippen MR) is 103 cm³/mol. The molecule has 5 rings (SSSR count). The molecule has 2 unspecified atom stereocenters. The van der Waals surface area contributed by atoms with Gasteiger partial charge in [-0.2, -0.15) is 0 Å². The lowest BCUT2D eigenvalue weighted by Crippen LogP contribution is -2.44. The van der Waals surface area contributed by atoms with Crippen LogP contribution in [0.2, 0.25) is 0 Å². The van der Waals surface area contributed by atoms with Crippen molar-refractivity contribution in [3.63, 3.8) is 0 Å². The average Bonchev–Trinajstić information content (AvgIpc) is 3.16. The molecule has 2 saturated heterocycles. The molecular formula is C21H24N4. The third-order valence-corrected chi connectivity index (χ3v) is 6.10. The molecular weight excluding hydrogens is 308 g/mol. The highest BCUT2D eigenvalue weighted by atomic mass is 15.2. The number of H-pyrrole nitrogens is 1. The van der Waals surface area contributed by atoms with Crippen molar-refractivity contribution in [1.82, 2.24) is 14.9 Å². The van der Waals surface area contributed by atoms with Gasteiger partial charge in [-0.1, -0.05) is 12.1 Å². The van der Waals surface area contributed by atoms with Gasteiger partial charge in [0, 0.05) is 47.8 Å². The van der Waals surface area contributed by atoms with Crippen LogP contribution in [0.1, 0.15) is 25.7 Å². The Morgan fingerprint density at radius 1 is 1.04 bits per heavy atom. The van der Waals surface area contributed by atoms with E-state index in [1.54, 1.807) is 0 Å². The molecule has 0 saturated carbocycles. The highest BCUT2D eigenvalue weighted by Crippen LogP contribution is 2.35. The maximum atomic E-state index is 4.48. The average molecular weight is 332 g/mol. The Morgan fingerprint density at radius 2 is 1.88 bits per heavy atom. The number of benzene rings is 1. The van der Waals surface area contributed by atoms with Crippen LogP contribution in [-0.4, -0.2) is 40.0 Å². The molecule has 2 fully saturated rings. The van der Waals surface area contributed by atoms with Crippen molar-refractivity contribution in [2.24, 2.45) is 0 Å². The molecule has 0 amide bonds. The van der Waals surface area contributed by atoms with E-state index >= 15 is 0 Å². The highest BCUT2D eigenvalue weighted by molar-refractivity contribution is 5.85. The van der Waals surface area contributed by atoms with Crippen LogP contribution >= 0.6 is 0 Å². The molecule has 128 valence electrons. The number of rotatable bonds is 3. The van der Waals surface area contributed by atoms with Crippen molar-refractivity contribution < 1.29 is 0 Å². The summed E-state index contributed by atoms with van der Waals surface area (Å²) in [5.74, 6) is 0. The summed E-state index contributed by atoms with van der Waals surface area (Å²) < 4.78 is 0. The van der Waals surface area contributed by atoms with E-state index in [9.17, 15) is 0 Å². The second kappa shape index (κ2) is 5.88. The van der Waals surface area contributed by atoms with Crippen molar-refractivity contribution in [3.8, 4) is 11.1 Å². The number of aromatic amines is 1. The van der Waals surface area contributed by atoms with Gasteiger partial charge in [0.25, 0.3) is 0 Å². The lowest BCUT2D eigenvalue weighted by Gasteiger charge is -2.37. The monoisotopic (exact) mass is 332 g/mol. The molecule has 2 bridgehead atoms. The van der Waals surface area contributed by atoms with Crippen molar-refractivity contribution in [1.29, 1.82) is 0 Å². The first-order chi connectivity index (χ1) is 12.3. The highest BCUT2D eigenvalue weighted by Gasteiger charge is 2.38. The van der Waals surface area contributed by atoms with E-state index in [0.717, 1.165) is 23.3 Å². The molecule has 3 aromatic rings. The fourth-order valence-corrected chi connectivity index (χ4v) is 4.67. The summed E-state index contributed by atoms with van der Waals surface area (Å²) in [5, 5.41) is 4.99. The Bertz CT molecular complexity index is 886. The van der Waals surface area contributed by atoms with Gasteiger partial charge in [-0.15, -0.1) is 0 Å². The molecule has 2 aliphatic rings. The molecule has 25 heavy (non-hydrogen) atoms.